The molecule has 0 aromatic heterocycles. The number of nitrogens with one attached hydrogen (secondary N) is 1. The molecule has 2 amide bonds. The van der Waals surface area contributed by atoms with Crippen LogP contribution in [-0.2, 0) is 31.6 Å². The van der Waals surface area contributed by atoms with Crippen molar-refractivity contribution in [1.82, 2.24) is 10.2 Å². The Morgan fingerprint density at radius 3 is 1.97 bits per heavy atom. The maximum Gasteiger partial charge on any atom is 0.244 e. The van der Waals surface area contributed by atoms with Crippen LogP contribution < -0.4 is 9.62 Å². The highest BCUT2D eigenvalue weighted by atomic mass is 32.2. The van der Waals surface area contributed by atoms with Crippen molar-refractivity contribution < 1.29 is 18.0 Å². The molecule has 186 valence electrons. The van der Waals surface area contributed by atoms with E-state index in [4.69, 9.17) is 0 Å². The van der Waals surface area contributed by atoms with E-state index in [1.165, 1.54) is 4.90 Å². The molecule has 1 unspecified atom stereocenters. The quantitative estimate of drug-likeness (QED) is 0.584. The monoisotopic (exact) mass is 487 g/mol. The third-order valence-corrected chi connectivity index (χ3v) is 6.64. The Labute approximate surface area is 204 Å². The molecule has 0 radical (unpaired) electrons. The second-order valence-electron chi connectivity index (χ2n) is 9.91. The van der Waals surface area contributed by atoms with Crippen LogP contribution in [0, 0.1) is 0 Å². The molecule has 2 aromatic carbocycles. The van der Waals surface area contributed by atoms with Crippen LogP contribution in [0.1, 0.15) is 52.7 Å². The van der Waals surface area contributed by atoms with Gasteiger partial charge in [0.05, 0.1) is 11.9 Å². The first-order valence-electron chi connectivity index (χ1n) is 11.4. The normalized spacial score (nSPS) is 12.8. The molecule has 8 heteroatoms. The topological polar surface area (TPSA) is 86.8 Å². The molecule has 0 aliphatic heterocycles. The third kappa shape index (κ3) is 7.58. The fourth-order valence-electron chi connectivity index (χ4n) is 3.51. The summed E-state index contributed by atoms with van der Waals surface area (Å²) in [4.78, 5) is 27.6. The average molecular weight is 488 g/mol. The Morgan fingerprint density at radius 1 is 0.941 bits per heavy atom. The van der Waals surface area contributed by atoms with E-state index in [-0.39, 0.29) is 23.9 Å². The number of amides is 2. The van der Waals surface area contributed by atoms with Gasteiger partial charge in [0.25, 0.3) is 0 Å². The van der Waals surface area contributed by atoms with Gasteiger partial charge in [-0.1, -0.05) is 63.2 Å². The fourth-order valence-corrected chi connectivity index (χ4v) is 4.36. The van der Waals surface area contributed by atoms with Gasteiger partial charge in [-0.2, -0.15) is 0 Å². The molecule has 0 aliphatic rings. The van der Waals surface area contributed by atoms with Crippen LogP contribution in [0.15, 0.2) is 54.6 Å². The van der Waals surface area contributed by atoms with E-state index in [0.717, 1.165) is 21.7 Å². The minimum atomic E-state index is -3.75. The average Bonchev–Trinajstić information content (AvgIpc) is 2.74. The standard InChI is InChI=1S/C26H37N3O4S/c1-19(2)27-25(31)20(3)28(17-21-11-9-8-10-12-21)24(30)18-29(34(7,32)33)23-15-13-22(14-16-23)26(4,5)6/h8-16,19-20H,17-18H2,1-7H3,(H,27,31). The maximum atomic E-state index is 13.5. The van der Waals surface area contributed by atoms with Crippen molar-refractivity contribution in [2.75, 3.05) is 17.1 Å². The van der Waals surface area contributed by atoms with Gasteiger partial charge in [0.2, 0.25) is 21.8 Å². The molecular formula is C26H37N3O4S. The van der Waals surface area contributed by atoms with E-state index in [2.05, 4.69) is 26.1 Å². The largest absolute Gasteiger partial charge is 0.352 e. The molecule has 0 spiro atoms. The van der Waals surface area contributed by atoms with Crippen molar-refractivity contribution in [3.05, 3.63) is 65.7 Å². The first kappa shape index (κ1) is 27.4. The van der Waals surface area contributed by atoms with Crippen molar-refractivity contribution in [3.8, 4) is 0 Å². The predicted molar refractivity (Wildman–Crippen MR) is 137 cm³/mol. The summed E-state index contributed by atoms with van der Waals surface area (Å²) in [5, 5.41) is 2.83. The molecule has 34 heavy (non-hydrogen) atoms. The lowest BCUT2D eigenvalue weighted by atomic mass is 9.87. The smallest absolute Gasteiger partial charge is 0.244 e. The Balaban J connectivity index is 2.37. The van der Waals surface area contributed by atoms with E-state index < -0.39 is 28.5 Å². The van der Waals surface area contributed by atoms with Crippen molar-refractivity contribution in [2.45, 2.75) is 65.6 Å². The van der Waals surface area contributed by atoms with Crippen LogP contribution in [0.4, 0.5) is 5.69 Å². The number of rotatable bonds is 9. The molecule has 1 N–H and O–H groups in total. The molecule has 1 atom stereocenters. The van der Waals surface area contributed by atoms with Crippen molar-refractivity contribution in [2.24, 2.45) is 0 Å². The summed E-state index contributed by atoms with van der Waals surface area (Å²) < 4.78 is 26.4. The highest BCUT2D eigenvalue weighted by molar-refractivity contribution is 7.92. The molecule has 0 heterocycles. The van der Waals surface area contributed by atoms with Crippen LogP contribution in [-0.4, -0.2) is 50.0 Å². The van der Waals surface area contributed by atoms with Crippen LogP contribution in [0.25, 0.3) is 0 Å². The van der Waals surface area contributed by atoms with Gasteiger partial charge in [-0.15, -0.1) is 0 Å². The van der Waals surface area contributed by atoms with Gasteiger partial charge in [-0.3, -0.25) is 13.9 Å². The van der Waals surface area contributed by atoms with Crippen molar-refractivity contribution in [3.63, 3.8) is 0 Å². The SMILES string of the molecule is CC(C)NC(=O)C(C)N(Cc1ccccc1)C(=O)CN(c1ccc(C(C)(C)C)cc1)S(C)(=O)=O. The molecule has 2 rings (SSSR count). The van der Waals surface area contributed by atoms with Gasteiger partial charge in [-0.25, -0.2) is 8.42 Å². The van der Waals surface area contributed by atoms with Gasteiger partial charge in [0.15, 0.2) is 0 Å². The first-order chi connectivity index (χ1) is 15.7. The second-order valence-corrected chi connectivity index (χ2v) is 11.8. The van der Waals surface area contributed by atoms with Gasteiger partial charge < -0.3 is 10.2 Å². The molecule has 0 aliphatic carbocycles. The lowest BCUT2D eigenvalue weighted by molar-refractivity contribution is -0.139. The van der Waals surface area contributed by atoms with Gasteiger partial charge in [0.1, 0.15) is 12.6 Å². The Kier molecular flexibility index (Phi) is 8.89. The summed E-state index contributed by atoms with van der Waals surface area (Å²) in [5.74, 6) is -0.750. The zero-order valence-corrected chi connectivity index (χ0v) is 22.0. The minimum Gasteiger partial charge on any atom is -0.352 e. The summed E-state index contributed by atoms with van der Waals surface area (Å²) in [6.07, 6.45) is 1.08. The summed E-state index contributed by atoms with van der Waals surface area (Å²) in [5.41, 5.74) is 2.22. The lowest BCUT2D eigenvalue weighted by Gasteiger charge is -2.32. The molecule has 0 saturated carbocycles. The molecule has 7 nitrogen and oxygen atoms in total. The number of carbonyl (C=O) groups is 2. The van der Waals surface area contributed by atoms with E-state index in [0.29, 0.717) is 5.69 Å². The van der Waals surface area contributed by atoms with Gasteiger partial charge in [0, 0.05) is 12.6 Å². The number of hydrogen-bond donors (Lipinski definition) is 1. The summed E-state index contributed by atoms with van der Waals surface area (Å²) in [6.45, 7) is 11.4. The van der Waals surface area contributed by atoms with Crippen LogP contribution >= 0.6 is 0 Å². The van der Waals surface area contributed by atoms with Gasteiger partial charge >= 0.3 is 0 Å². The second kappa shape index (κ2) is 11.0. The van der Waals surface area contributed by atoms with E-state index >= 15 is 0 Å². The Morgan fingerprint density at radius 2 is 1.50 bits per heavy atom. The van der Waals surface area contributed by atoms with E-state index in [1.807, 2.05) is 56.3 Å². The van der Waals surface area contributed by atoms with Crippen molar-refractivity contribution >= 4 is 27.5 Å². The zero-order valence-electron chi connectivity index (χ0n) is 21.2. The number of hydrogen-bond acceptors (Lipinski definition) is 4. The lowest BCUT2D eigenvalue weighted by Crippen LogP contribution is -2.52. The maximum absolute atomic E-state index is 13.5. The van der Waals surface area contributed by atoms with Crippen LogP contribution in [0.2, 0.25) is 0 Å². The highest BCUT2D eigenvalue weighted by Crippen LogP contribution is 2.26. The van der Waals surface area contributed by atoms with E-state index in [9.17, 15) is 18.0 Å². The molecule has 0 bridgehead atoms. The fraction of sp³-hybridized carbons (Fsp3) is 0.462. The van der Waals surface area contributed by atoms with Gasteiger partial charge in [-0.05, 0) is 49.4 Å². The zero-order chi connectivity index (χ0) is 25.7. The number of benzene rings is 2. The number of sulfonamides is 1. The molecular weight excluding hydrogens is 450 g/mol. The summed E-state index contributed by atoms with van der Waals surface area (Å²) in [7, 11) is -3.75. The minimum absolute atomic E-state index is 0.0857. The summed E-state index contributed by atoms with van der Waals surface area (Å²) in [6, 6.07) is 15.6. The third-order valence-electron chi connectivity index (χ3n) is 5.49. The van der Waals surface area contributed by atoms with Crippen LogP contribution in [0.3, 0.4) is 0 Å². The molecule has 0 saturated heterocycles. The Bertz CT molecular complexity index is 1080. The Hall–Kier alpha value is -2.87. The van der Waals surface area contributed by atoms with Crippen LogP contribution in [0.5, 0.6) is 0 Å². The number of anilines is 1. The number of carbonyl (C=O) groups excluding carboxylic acids is 2. The first-order valence-corrected chi connectivity index (χ1v) is 13.3. The van der Waals surface area contributed by atoms with Crippen molar-refractivity contribution in [1.29, 1.82) is 0 Å². The highest BCUT2D eigenvalue weighted by Gasteiger charge is 2.30. The van der Waals surface area contributed by atoms with E-state index in [1.54, 1.807) is 19.1 Å². The predicted octanol–water partition coefficient (Wildman–Crippen LogP) is 3.69. The summed E-state index contributed by atoms with van der Waals surface area (Å²) >= 11 is 0. The molecule has 2 aromatic rings. The number of nitrogens with zero attached hydrogens (tertiary/aromatic N) is 2. The molecule has 0 fully saturated rings.